The fourth-order valence-corrected chi connectivity index (χ4v) is 5.15. The summed E-state index contributed by atoms with van der Waals surface area (Å²) in [6, 6.07) is 12.3. The summed E-state index contributed by atoms with van der Waals surface area (Å²) >= 11 is 3.57. The zero-order valence-corrected chi connectivity index (χ0v) is 12.2. The van der Waals surface area contributed by atoms with Crippen molar-refractivity contribution in [3.05, 3.63) is 47.5 Å². The van der Waals surface area contributed by atoms with Gasteiger partial charge in [-0.25, -0.2) is 0 Å². The van der Waals surface area contributed by atoms with Crippen LogP contribution in [0.1, 0.15) is 11.1 Å². The van der Waals surface area contributed by atoms with Gasteiger partial charge in [-0.1, -0.05) is 12.1 Å². The minimum atomic E-state index is 0.0762. The number of benzene rings is 2. The molecule has 0 spiro atoms. The number of fused-ring (bicyclic) bond motifs is 5. The predicted molar refractivity (Wildman–Crippen MR) is 86.6 cm³/mol. The van der Waals surface area contributed by atoms with Gasteiger partial charge in [0.05, 0.1) is 22.6 Å². The van der Waals surface area contributed by atoms with Gasteiger partial charge >= 0.3 is 0 Å². The monoisotopic (exact) mass is 300 g/mol. The number of hydrogen-bond donors (Lipinski definition) is 2. The van der Waals surface area contributed by atoms with Gasteiger partial charge in [0.25, 0.3) is 0 Å². The van der Waals surface area contributed by atoms with Crippen molar-refractivity contribution in [1.29, 1.82) is 0 Å². The molecule has 0 unspecified atom stereocenters. The smallest absolute Gasteiger partial charge is 0.0682 e. The second-order valence-corrected chi connectivity index (χ2v) is 6.94. The van der Waals surface area contributed by atoms with Crippen LogP contribution in [0.5, 0.6) is 0 Å². The Balaban J connectivity index is 2.12. The van der Waals surface area contributed by atoms with Crippen LogP contribution in [0.25, 0.3) is 29.6 Å². The van der Waals surface area contributed by atoms with Crippen molar-refractivity contribution in [2.24, 2.45) is 0 Å². The Kier molecular flexibility index (Phi) is 2.79. The van der Waals surface area contributed by atoms with Gasteiger partial charge in [0, 0.05) is 20.2 Å². The molecule has 0 fully saturated rings. The van der Waals surface area contributed by atoms with E-state index in [2.05, 4.69) is 24.3 Å². The molecule has 100 valence electrons. The summed E-state index contributed by atoms with van der Waals surface area (Å²) in [4.78, 5) is 0. The second kappa shape index (κ2) is 4.53. The normalized spacial score (nSPS) is 11.9. The number of aliphatic hydroxyl groups is 2. The molecule has 2 nitrogen and oxygen atoms in total. The lowest BCUT2D eigenvalue weighted by Crippen LogP contribution is -1.79. The Labute approximate surface area is 123 Å². The highest BCUT2D eigenvalue weighted by Crippen LogP contribution is 2.44. The van der Waals surface area contributed by atoms with Gasteiger partial charge < -0.3 is 10.2 Å². The van der Waals surface area contributed by atoms with E-state index in [9.17, 15) is 10.2 Å². The van der Waals surface area contributed by atoms with Gasteiger partial charge in [0.1, 0.15) is 0 Å². The largest absolute Gasteiger partial charge is 0.392 e. The first kappa shape index (κ1) is 12.3. The molecule has 0 aliphatic carbocycles. The Hall–Kier alpha value is -1.46. The van der Waals surface area contributed by atoms with Crippen LogP contribution in [0.2, 0.25) is 0 Å². The van der Waals surface area contributed by atoms with E-state index in [0.717, 1.165) is 11.1 Å². The van der Waals surface area contributed by atoms with E-state index in [1.807, 2.05) is 12.1 Å². The quantitative estimate of drug-likeness (QED) is 0.581. The summed E-state index contributed by atoms with van der Waals surface area (Å²) in [5.41, 5.74) is 1.90. The minimum Gasteiger partial charge on any atom is -0.392 e. The molecule has 2 aromatic heterocycles. The van der Waals surface area contributed by atoms with E-state index < -0.39 is 0 Å². The maximum absolute atomic E-state index is 9.29. The van der Waals surface area contributed by atoms with Crippen LogP contribution in [-0.4, -0.2) is 10.2 Å². The van der Waals surface area contributed by atoms with Crippen LogP contribution in [0.3, 0.4) is 0 Å². The lowest BCUT2D eigenvalue weighted by molar-refractivity contribution is 0.282. The molecule has 0 saturated heterocycles. The summed E-state index contributed by atoms with van der Waals surface area (Å²) in [7, 11) is 0. The standard InChI is InChI=1S/C16H12O2S2/c17-7-9-1-3-13-11(5-9)15-16(19-13)12-6-10(8-18)2-4-14(12)20-15/h1-6,17-18H,7-8H2. The van der Waals surface area contributed by atoms with Gasteiger partial charge in [-0.15, -0.1) is 22.7 Å². The van der Waals surface area contributed by atoms with Gasteiger partial charge in [-0.2, -0.15) is 0 Å². The lowest BCUT2D eigenvalue weighted by Gasteiger charge is -1.96. The van der Waals surface area contributed by atoms with E-state index in [1.54, 1.807) is 22.7 Å². The number of aliphatic hydroxyl groups excluding tert-OH is 2. The average molecular weight is 300 g/mol. The molecule has 0 aliphatic rings. The van der Waals surface area contributed by atoms with Crippen molar-refractivity contribution >= 4 is 52.2 Å². The summed E-state index contributed by atoms with van der Waals surface area (Å²) in [5.74, 6) is 0. The number of rotatable bonds is 2. The zero-order chi connectivity index (χ0) is 13.7. The Morgan fingerprint density at radius 1 is 0.700 bits per heavy atom. The first-order valence-electron chi connectivity index (χ1n) is 6.38. The predicted octanol–water partition coefficient (Wildman–Crippen LogP) is 4.25. The fraction of sp³-hybridized carbons (Fsp3) is 0.125. The van der Waals surface area contributed by atoms with E-state index in [0.29, 0.717) is 0 Å². The maximum Gasteiger partial charge on any atom is 0.0682 e. The van der Waals surface area contributed by atoms with Crippen molar-refractivity contribution in [3.63, 3.8) is 0 Å². The molecule has 4 heteroatoms. The van der Waals surface area contributed by atoms with E-state index in [4.69, 9.17) is 0 Å². The summed E-state index contributed by atoms with van der Waals surface area (Å²) < 4.78 is 5.07. The molecule has 0 saturated carbocycles. The van der Waals surface area contributed by atoms with Crippen molar-refractivity contribution < 1.29 is 10.2 Å². The van der Waals surface area contributed by atoms with Gasteiger partial charge in [-0.05, 0) is 35.4 Å². The second-order valence-electron chi connectivity index (χ2n) is 4.84. The molecule has 20 heavy (non-hydrogen) atoms. The summed E-state index contributed by atoms with van der Waals surface area (Å²) in [5, 5.41) is 21.0. The van der Waals surface area contributed by atoms with E-state index in [1.165, 1.54) is 29.6 Å². The maximum atomic E-state index is 9.29. The first-order valence-corrected chi connectivity index (χ1v) is 8.02. The summed E-state index contributed by atoms with van der Waals surface area (Å²) in [6.45, 7) is 0.152. The molecule has 0 radical (unpaired) electrons. The van der Waals surface area contributed by atoms with Crippen molar-refractivity contribution in [2.75, 3.05) is 0 Å². The fourth-order valence-electron chi connectivity index (χ4n) is 2.55. The van der Waals surface area contributed by atoms with Crippen LogP contribution < -0.4 is 0 Å². The molecule has 0 bridgehead atoms. The van der Waals surface area contributed by atoms with E-state index >= 15 is 0 Å². The average Bonchev–Trinajstić information content (AvgIpc) is 3.02. The topological polar surface area (TPSA) is 40.5 Å². The molecule has 0 aliphatic heterocycles. The van der Waals surface area contributed by atoms with E-state index in [-0.39, 0.29) is 13.2 Å². The minimum absolute atomic E-state index is 0.0762. The van der Waals surface area contributed by atoms with Crippen LogP contribution in [0, 0.1) is 0 Å². The van der Waals surface area contributed by atoms with Gasteiger partial charge in [0.2, 0.25) is 0 Å². The number of hydrogen-bond acceptors (Lipinski definition) is 4. The lowest BCUT2D eigenvalue weighted by atomic mass is 10.1. The SMILES string of the molecule is OCc1ccc2sc3c4cc(CO)ccc4sc3c2c1. The highest BCUT2D eigenvalue weighted by atomic mass is 32.1. The van der Waals surface area contributed by atoms with Crippen molar-refractivity contribution in [1.82, 2.24) is 0 Å². The highest BCUT2D eigenvalue weighted by Gasteiger charge is 2.12. The number of thiophene rings is 2. The molecule has 0 amide bonds. The third-order valence-electron chi connectivity index (χ3n) is 3.57. The first-order chi connectivity index (χ1) is 9.80. The Bertz CT molecular complexity index is 856. The molecule has 0 atom stereocenters. The summed E-state index contributed by atoms with van der Waals surface area (Å²) in [6.07, 6.45) is 0. The Morgan fingerprint density at radius 2 is 1.15 bits per heavy atom. The van der Waals surface area contributed by atoms with Gasteiger partial charge in [-0.3, -0.25) is 0 Å². The molecular weight excluding hydrogens is 288 g/mol. The van der Waals surface area contributed by atoms with Crippen LogP contribution in [-0.2, 0) is 13.2 Å². The highest BCUT2D eigenvalue weighted by molar-refractivity contribution is 7.36. The van der Waals surface area contributed by atoms with Crippen LogP contribution in [0.15, 0.2) is 36.4 Å². The molecule has 2 heterocycles. The van der Waals surface area contributed by atoms with Crippen molar-refractivity contribution in [2.45, 2.75) is 13.2 Å². The molecular formula is C16H12O2S2. The molecule has 4 rings (SSSR count). The molecule has 2 aromatic carbocycles. The van der Waals surface area contributed by atoms with Gasteiger partial charge in [0.15, 0.2) is 0 Å². The Morgan fingerprint density at radius 3 is 1.55 bits per heavy atom. The zero-order valence-electron chi connectivity index (χ0n) is 10.6. The third-order valence-corrected chi connectivity index (χ3v) is 6.11. The third kappa shape index (κ3) is 1.70. The molecule has 2 N–H and O–H groups in total. The van der Waals surface area contributed by atoms with Crippen LogP contribution in [0.4, 0.5) is 0 Å². The molecule has 4 aromatic rings. The van der Waals surface area contributed by atoms with Crippen molar-refractivity contribution in [3.8, 4) is 0 Å². The van der Waals surface area contributed by atoms with Crippen LogP contribution >= 0.6 is 22.7 Å².